The first-order valence-corrected chi connectivity index (χ1v) is 8.37. The summed E-state index contributed by atoms with van der Waals surface area (Å²) in [5.41, 5.74) is 0.829. The second kappa shape index (κ2) is 8.05. The van der Waals surface area contributed by atoms with E-state index in [-0.39, 0.29) is 12.5 Å². The lowest BCUT2D eigenvalue weighted by molar-refractivity contribution is -0.119. The van der Waals surface area contributed by atoms with Gasteiger partial charge in [0.2, 0.25) is 5.91 Å². The highest BCUT2D eigenvalue weighted by molar-refractivity contribution is 7.99. The molecule has 0 aliphatic rings. The number of fused-ring (bicyclic) bond motifs is 1. The lowest BCUT2D eigenvalue weighted by Crippen LogP contribution is -2.29. The van der Waals surface area contributed by atoms with Crippen LogP contribution in [0, 0.1) is 0 Å². The number of benzene rings is 2. The summed E-state index contributed by atoms with van der Waals surface area (Å²) in [6.07, 6.45) is 0.396. The summed E-state index contributed by atoms with van der Waals surface area (Å²) in [6.45, 7) is 2.35. The van der Waals surface area contributed by atoms with Crippen LogP contribution >= 0.6 is 11.8 Å². The molecule has 2 rings (SSSR count). The predicted octanol–water partition coefficient (Wildman–Crippen LogP) is 3.13. The molecule has 3 nitrogen and oxygen atoms in total. The van der Waals surface area contributed by atoms with E-state index < -0.39 is 6.10 Å². The van der Waals surface area contributed by atoms with E-state index in [2.05, 4.69) is 12.2 Å². The zero-order valence-electron chi connectivity index (χ0n) is 12.2. The number of carbonyl (C=O) groups excluding carboxylic acids is 1. The van der Waals surface area contributed by atoms with Gasteiger partial charge in [-0.2, -0.15) is 11.8 Å². The van der Waals surface area contributed by atoms with Gasteiger partial charge >= 0.3 is 0 Å². The summed E-state index contributed by atoms with van der Waals surface area (Å²) >= 11 is 1.62. The minimum absolute atomic E-state index is 0.0201. The minimum atomic E-state index is -0.672. The van der Waals surface area contributed by atoms with Crippen LogP contribution in [-0.2, 0) is 4.79 Å². The molecule has 0 saturated heterocycles. The first-order chi connectivity index (χ1) is 10.2. The lowest BCUT2D eigenvalue weighted by Gasteiger charge is -2.13. The van der Waals surface area contributed by atoms with Crippen LogP contribution in [0.15, 0.2) is 42.5 Å². The van der Waals surface area contributed by atoms with Crippen molar-refractivity contribution in [1.82, 2.24) is 5.32 Å². The molecule has 4 heteroatoms. The van der Waals surface area contributed by atoms with Crippen molar-refractivity contribution in [2.45, 2.75) is 19.4 Å². The standard InChI is InChI=1S/C17H21NO2S/c1-2-9-21-12-17(20)18-11-16(19)15-8-7-13-5-3-4-6-14(13)10-15/h3-8,10,16,19H,2,9,11-12H2,1H3,(H,18,20). The summed E-state index contributed by atoms with van der Waals surface area (Å²) < 4.78 is 0. The number of aliphatic hydroxyl groups is 1. The van der Waals surface area contributed by atoms with Gasteiger partial charge in [-0.25, -0.2) is 0 Å². The molecule has 112 valence electrons. The molecule has 1 unspecified atom stereocenters. The van der Waals surface area contributed by atoms with Crippen molar-refractivity contribution in [2.75, 3.05) is 18.1 Å². The summed E-state index contributed by atoms with van der Waals surface area (Å²) in [7, 11) is 0. The molecule has 0 radical (unpaired) electrons. The van der Waals surface area contributed by atoms with Crippen LogP contribution in [-0.4, -0.2) is 29.1 Å². The molecule has 0 spiro atoms. The molecule has 0 aromatic heterocycles. The summed E-state index contributed by atoms with van der Waals surface area (Å²) in [6, 6.07) is 13.9. The maximum Gasteiger partial charge on any atom is 0.230 e. The summed E-state index contributed by atoms with van der Waals surface area (Å²) in [5.74, 6) is 1.42. The third-order valence-electron chi connectivity index (χ3n) is 3.23. The van der Waals surface area contributed by atoms with Gasteiger partial charge in [0.25, 0.3) is 0 Å². The molecule has 2 N–H and O–H groups in total. The van der Waals surface area contributed by atoms with Crippen LogP contribution in [0.1, 0.15) is 25.0 Å². The Morgan fingerprint density at radius 3 is 2.76 bits per heavy atom. The van der Waals surface area contributed by atoms with Crippen molar-refractivity contribution in [3.8, 4) is 0 Å². The Hall–Kier alpha value is -1.52. The Labute approximate surface area is 129 Å². The maximum absolute atomic E-state index is 11.6. The van der Waals surface area contributed by atoms with Gasteiger partial charge in [-0.15, -0.1) is 0 Å². The first-order valence-electron chi connectivity index (χ1n) is 7.22. The molecular weight excluding hydrogens is 282 g/mol. The Bertz CT molecular complexity index is 600. The molecule has 0 fully saturated rings. The van der Waals surface area contributed by atoms with Gasteiger partial charge in [0.05, 0.1) is 11.9 Å². The van der Waals surface area contributed by atoms with E-state index >= 15 is 0 Å². The molecular formula is C17H21NO2S. The Morgan fingerprint density at radius 2 is 2.00 bits per heavy atom. The second-order valence-corrected chi connectivity index (χ2v) is 6.08. The van der Waals surface area contributed by atoms with E-state index in [0.29, 0.717) is 5.75 Å². The van der Waals surface area contributed by atoms with Crippen LogP contribution < -0.4 is 5.32 Å². The molecule has 0 aliphatic heterocycles. The van der Waals surface area contributed by atoms with Crippen LogP contribution in [0.2, 0.25) is 0 Å². The lowest BCUT2D eigenvalue weighted by atomic mass is 10.0. The number of thioether (sulfide) groups is 1. The minimum Gasteiger partial charge on any atom is -0.387 e. The number of rotatable bonds is 7. The average Bonchev–Trinajstić information content (AvgIpc) is 2.52. The van der Waals surface area contributed by atoms with Crippen LogP contribution in [0.3, 0.4) is 0 Å². The Kier molecular flexibility index (Phi) is 6.08. The molecule has 0 bridgehead atoms. The van der Waals surface area contributed by atoms with E-state index in [4.69, 9.17) is 0 Å². The fourth-order valence-electron chi connectivity index (χ4n) is 2.10. The van der Waals surface area contributed by atoms with E-state index in [1.807, 2.05) is 42.5 Å². The number of hydrogen-bond acceptors (Lipinski definition) is 3. The monoisotopic (exact) mass is 303 g/mol. The van der Waals surface area contributed by atoms with Gasteiger partial charge in [0.15, 0.2) is 0 Å². The third kappa shape index (κ3) is 4.76. The van der Waals surface area contributed by atoms with Crippen molar-refractivity contribution in [3.63, 3.8) is 0 Å². The number of aliphatic hydroxyl groups excluding tert-OH is 1. The molecule has 2 aromatic rings. The zero-order chi connectivity index (χ0) is 15.1. The highest BCUT2D eigenvalue weighted by Gasteiger charge is 2.10. The van der Waals surface area contributed by atoms with Crippen molar-refractivity contribution in [2.24, 2.45) is 0 Å². The SMILES string of the molecule is CCCSCC(=O)NCC(O)c1ccc2ccccc2c1. The molecule has 1 atom stereocenters. The van der Waals surface area contributed by atoms with Gasteiger partial charge in [0.1, 0.15) is 0 Å². The normalized spacial score (nSPS) is 12.3. The van der Waals surface area contributed by atoms with Gasteiger partial charge in [-0.1, -0.05) is 43.3 Å². The van der Waals surface area contributed by atoms with Gasteiger partial charge < -0.3 is 10.4 Å². The van der Waals surface area contributed by atoms with Gasteiger partial charge in [-0.3, -0.25) is 4.79 Å². The largest absolute Gasteiger partial charge is 0.387 e. The van der Waals surface area contributed by atoms with Gasteiger partial charge in [-0.05, 0) is 34.6 Å². The second-order valence-electron chi connectivity index (χ2n) is 4.98. The van der Waals surface area contributed by atoms with Gasteiger partial charge in [0, 0.05) is 6.54 Å². The predicted molar refractivity (Wildman–Crippen MR) is 89.5 cm³/mol. The summed E-state index contributed by atoms with van der Waals surface area (Å²) in [5, 5.41) is 15.2. The fourth-order valence-corrected chi connectivity index (χ4v) is 2.82. The molecule has 2 aromatic carbocycles. The van der Waals surface area contributed by atoms with Crippen LogP contribution in [0.25, 0.3) is 10.8 Å². The van der Waals surface area contributed by atoms with Crippen LogP contribution in [0.4, 0.5) is 0 Å². The van der Waals surface area contributed by atoms with E-state index in [0.717, 1.165) is 28.5 Å². The molecule has 0 heterocycles. The molecule has 0 aliphatic carbocycles. The highest BCUT2D eigenvalue weighted by atomic mass is 32.2. The quantitative estimate of drug-likeness (QED) is 0.773. The number of carbonyl (C=O) groups is 1. The summed E-state index contributed by atoms with van der Waals surface area (Å²) in [4.78, 5) is 11.6. The number of hydrogen-bond donors (Lipinski definition) is 2. The zero-order valence-corrected chi connectivity index (χ0v) is 13.0. The van der Waals surface area contributed by atoms with Crippen molar-refractivity contribution >= 4 is 28.4 Å². The third-order valence-corrected chi connectivity index (χ3v) is 4.40. The molecule has 1 amide bonds. The molecule has 21 heavy (non-hydrogen) atoms. The van der Waals surface area contributed by atoms with Crippen molar-refractivity contribution in [1.29, 1.82) is 0 Å². The van der Waals surface area contributed by atoms with E-state index in [1.165, 1.54) is 0 Å². The van der Waals surface area contributed by atoms with Crippen molar-refractivity contribution in [3.05, 3.63) is 48.0 Å². The first kappa shape index (κ1) is 15.9. The number of nitrogens with one attached hydrogen (secondary N) is 1. The van der Waals surface area contributed by atoms with E-state index in [9.17, 15) is 9.90 Å². The molecule has 0 saturated carbocycles. The van der Waals surface area contributed by atoms with Crippen molar-refractivity contribution < 1.29 is 9.90 Å². The number of amides is 1. The van der Waals surface area contributed by atoms with E-state index in [1.54, 1.807) is 11.8 Å². The Morgan fingerprint density at radius 1 is 1.24 bits per heavy atom. The topological polar surface area (TPSA) is 49.3 Å². The smallest absolute Gasteiger partial charge is 0.230 e. The highest BCUT2D eigenvalue weighted by Crippen LogP contribution is 2.20. The fraction of sp³-hybridized carbons (Fsp3) is 0.353. The maximum atomic E-state index is 11.6. The van der Waals surface area contributed by atoms with Crippen LogP contribution in [0.5, 0.6) is 0 Å². The average molecular weight is 303 g/mol. The Balaban J connectivity index is 1.89.